The van der Waals surface area contributed by atoms with Crippen LogP contribution in [-0.2, 0) is 4.79 Å². The van der Waals surface area contributed by atoms with E-state index in [4.69, 9.17) is 4.74 Å². The van der Waals surface area contributed by atoms with Crippen LogP contribution in [0, 0.1) is 5.92 Å². The normalized spacial score (nSPS) is 21.4. The molecule has 2 atom stereocenters. The van der Waals surface area contributed by atoms with Crippen LogP contribution in [0.4, 0.5) is 0 Å². The van der Waals surface area contributed by atoms with Crippen molar-refractivity contribution in [2.24, 2.45) is 5.92 Å². The Hall–Kier alpha value is -1.55. The lowest BCUT2D eigenvalue weighted by Crippen LogP contribution is -2.40. The topological polar surface area (TPSA) is 49.8 Å². The maximum Gasteiger partial charge on any atom is 0.226 e. The summed E-state index contributed by atoms with van der Waals surface area (Å²) in [6, 6.07) is 7.89. The lowest BCUT2D eigenvalue weighted by Gasteiger charge is -2.25. The first-order valence-corrected chi connectivity index (χ1v) is 6.93. The van der Waals surface area contributed by atoms with Gasteiger partial charge in [0.05, 0.1) is 12.7 Å². The van der Waals surface area contributed by atoms with E-state index in [9.17, 15) is 9.90 Å². The van der Waals surface area contributed by atoms with Crippen molar-refractivity contribution in [3.63, 3.8) is 0 Å². The van der Waals surface area contributed by atoms with Gasteiger partial charge in [-0.2, -0.15) is 0 Å². The number of rotatable bonds is 5. The van der Waals surface area contributed by atoms with Crippen LogP contribution in [0.25, 0.3) is 0 Å². The Labute approximate surface area is 120 Å². The van der Waals surface area contributed by atoms with Crippen molar-refractivity contribution in [1.82, 2.24) is 4.90 Å². The summed E-state index contributed by atoms with van der Waals surface area (Å²) in [7, 11) is 3.40. The molecule has 0 aliphatic heterocycles. The summed E-state index contributed by atoms with van der Waals surface area (Å²) >= 11 is 0. The Balaban J connectivity index is 1.98. The lowest BCUT2D eigenvalue weighted by molar-refractivity contribution is -0.134. The summed E-state index contributed by atoms with van der Waals surface area (Å²) in [4.78, 5) is 13.9. The van der Waals surface area contributed by atoms with Crippen LogP contribution < -0.4 is 4.74 Å². The Kier molecular flexibility index (Phi) is 4.04. The molecule has 4 nitrogen and oxygen atoms in total. The van der Waals surface area contributed by atoms with Crippen molar-refractivity contribution < 1.29 is 14.6 Å². The van der Waals surface area contributed by atoms with Gasteiger partial charge in [-0.3, -0.25) is 4.79 Å². The van der Waals surface area contributed by atoms with Crippen LogP contribution >= 0.6 is 0 Å². The van der Waals surface area contributed by atoms with Crippen molar-refractivity contribution in [2.45, 2.75) is 31.8 Å². The average molecular weight is 277 g/mol. The third kappa shape index (κ3) is 3.51. The van der Waals surface area contributed by atoms with Gasteiger partial charge in [-0.15, -0.1) is 0 Å². The molecule has 2 rings (SSSR count). The molecule has 1 fully saturated rings. The van der Waals surface area contributed by atoms with Gasteiger partial charge in [-0.1, -0.05) is 12.1 Å². The van der Waals surface area contributed by atoms with Crippen LogP contribution in [0.1, 0.15) is 31.7 Å². The second kappa shape index (κ2) is 5.44. The van der Waals surface area contributed by atoms with Crippen molar-refractivity contribution in [3.8, 4) is 5.75 Å². The summed E-state index contributed by atoms with van der Waals surface area (Å²) in [5.74, 6) is 1.25. The zero-order valence-corrected chi connectivity index (χ0v) is 12.6. The Morgan fingerprint density at radius 2 is 2.20 bits per heavy atom. The highest BCUT2D eigenvalue weighted by molar-refractivity contribution is 5.82. The van der Waals surface area contributed by atoms with Crippen LogP contribution in [-0.4, -0.2) is 42.2 Å². The number of likely N-dealkylation sites (N-methyl/N-ethyl adjacent to an activating group) is 1. The lowest BCUT2D eigenvalue weighted by atomic mass is 10.1. The van der Waals surface area contributed by atoms with E-state index in [0.29, 0.717) is 6.54 Å². The fourth-order valence-corrected chi connectivity index (χ4v) is 2.65. The third-order valence-corrected chi connectivity index (χ3v) is 3.63. The SMILES string of the molecule is COc1cccc(C2CC2C(=O)N(C)CC(C)(C)O)c1. The molecule has 0 spiro atoms. The third-order valence-electron chi connectivity index (χ3n) is 3.63. The summed E-state index contributed by atoms with van der Waals surface area (Å²) in [5, 5.41) is 9.78. The quantitative estimate of drug-likeness (QED) is 0.896. The van der Waals surface area contributed by atoms with Gasteiger partial charge in [0.15, 0.2) is 0 Å². The van der Waals surface area contributed by atoms with Crippen LogP contribution in [0.3, 0.4) is 0 Å². The van der Waals surface area contributed by atoms with E-state index in [0.717, 1.165) is 17.7 Å². The number of hydrogen-bond donors (Lipinski definition) is 1. The first-order chi connectivity index (χ1) is 9.31. The first-order valence-electron chi connectivity index (χ1n) is 6.93. The maximum atomic E-state index is 12.3. The standard InChI is InChI=1S/C16H23NO3/c1-16(2,19)10-17(3)15(18)14-9-13(14)11-6-5-7-12(8-11)20-4/h5-8,13-14,19H,9-10H2,1-4H3. The molecule has 20 heavy (non-hydrogen) atoms. The fraction of sp³-hybridized carbons (Fsp3) is 0.562. The molecule has 4 heteroatoms. The van der Waals surface area contributed by atoms with Crippen LogP contribution in [0.5, 0.6) is 5.75 Å². The molecule has 0 bridgehead atoms. The minimum Gasteiger partial charge on any atom is -0.497 e. The molecule has 1 aromatic carbocycles. The number of benzene rings is 1. The Morgan fingerprint density at radius 3 is 2.80 bits per heavy atom. The molecule has 0 aromatic heterocycles. The van der Waals surface area contributed by atoms with Gasteiger partial charge in [-0.25, -0.2) is 0 Å². The molecule has 2 unspecified atom stereocenters. The molecule has 1 aliphatic carbocycles. The van der Waals surface area contributed by atoms with E-state index in [1.165, 1.54) is 0 Å². The molecule has 0 heterocycles. The molecular weight excluding hydrogens is 254 g/mol. The smallest absolute Gasteiger partial charge is 0.226 e. The molecule has 0 saturated heterocycles. The number of nitrogens with zero attached hydrogens (tertiary/aromatic N) is 1. The van der Waals surface area contributed by atoms with E-state index < -0.39 is 5.60 Å². The van der Waals surface area contributed by atoms with Crippen LogP contribution in [0.2, 0.25) is 0 Å². The van der Waals surface area contributed by atoms with E-state index in [2.05, 4.69) is 0 Å². The summed E-state index contributed by atoms with van der Waals surface area (Å²) in [6.45, 7) is 3.78. The number of carbonyl (C=O) groups is 1. The molecule has 0 radical (unpaired) electrons. The number of amides is 1. The van der Waals surface area contributed by atoms with Gasteiger partial charge >= 0.3 is 0 Å². The average Bonchev–Trinajstić information content (AvgIpc) is 3.16. The summed E-state index contributed by atoms with van der Waals surface area (Å²) in [5.41, 5.74) is 0.296. The van der Waals surface area contributed by atoms with Crippen molar-refractivity contribution in [1.29, 1.82) is 0 Å². The first kappa shape index (κ1) is 14.9. The number of hydrogen-bond acceptors (Lipinski definition) is 3. The monoisotopic (exact) mass is 277 g/mol. The summed E-state index contributed by atoms with van der Waals surface area (Å²) < 4.78 is 5.21. The zero-order chi connectivity index (χ0) is 14.9. The summed E-state index contributed by atoms with van der Waals surface area (Å²) in [6.07, 6.45) is 0.877. The number of carbonyl (C=O) groups excluding carboxylic acids is 1. The molecule has 1 saturated carbocycles. The van der Waals surface area contributed by atoms with Gasteiger partial charge < -0.3 is 14.7 Å². The maximum absolute atomic E-state index is 12.3. The van der Waals surface area contributed by atoms with Gasteiger partial charge in [0, 0.05) is 19.5 Å². The van der Waals surface area contributed by atoms with E-state index in [1.54, 1.807) is 32.9 Å². The van der Waals surface area contributed by atoms with Crippen molar-refractivity contribution >= 4 is 5.91 Å². The van der Waals surface area contributed by atoms with E-state index >= 15 is 0 Å². The van der Waals surface area contributed by atoms with E-state index in [-0.39, 0.29) is 17.7 Å². The molecule has 110 valence electrons. The van der Waals surface area contributed by atoms with Gasteiger partial charge in [0.25, 0.3) is 0 Å². The molecule has 1 aliphatic rings. The predicted octanol–water partition coefficient (Wildman–Crippen LogP) is 2.03. The van der Waals surface area contributed by atoms with Gasteiger partial charge in [-0.05, 0) is 43.9 Å². The van der Waals surface area contributed by atoms with Gasteiger partial charge in [0.1, 0.15) is 5.75 Å². The minimum atomic E-state index is -0.856. The zero-order valence-electron chi connectivity index (χ0n) is 12.6. The molecule has 1 amide bonds. The second-order valence-corrected chi connectivity index (χ2v) is 6.23. The molecule has 1 N–H and O–H groups in total. The Morgan fingerprint density at radius 1 is 1.50 bits per heavy atom. The number of methoxy groups -OCH3 is 1. The Bertz CT molecular complexity index is 493. The highest BCUT2D eigenvalue weighted by Crippen LogP contribution is 2.49. The predicted molar refractivity (Wildman–Crippen MR) is 77.8 cm³/mol. The largest absolute Gasteiger partial charge is 0.497 e. The molecular formula is C16H23NO3. The van der Waals surface area contributed by atoms with Gasteiger partial charge in [0.2, 0.25) is 5.91 Å². The number of aliphatic hydroxyl groups is 1. The fourth-order valence-electron chi connectivity index (χ4n) is 2.65. The van der Waals surface area contributed by atoms with Crippen LogP contribution in [0.15, 0.2) is 24.3 Å². The number of ether oxygens (including phenoxy) is 1. The second-order valence-electron chi connectivity index (χ2n) is 6.23. The highest BCUT2D eigenvalue weighted by Gasteiger charge is 2.45. The highest BCUT2D eigenvalue weighted by atomic mass is 16.5. The van der Waals surface area contributed by atoms with Crippen molar-refractivity contribution in [2.75, 3.05) is 20.7 Å². The minimum absolute atomic E-state index is 0.0365. The molecule has 1 aromatic rings. The van der Waals surface area contributed by atoms with E-state index in [1.807, 2.05) is 24.3 Å². The van der Waals surface area contributed by atoms with Crippen molar-refractivity contribution in [3.05, 3.63) is 29.8 Å².